The third kappa shape index (κ3) is 3.95. The van der Waals surface area contributed by atoms with E-state index in [1.54, 1.807) is 7.11 Å². The lowest BCUT2D eigenvalue weighted by molar-refractivity contribution is -0.123. The summed E-state index contributed by atoms with van der Waals surface area (Å²) >= 11 is 0. The van der Waals surface area contributed by atoms with Gasteiger partial charge in [0.15, 0.2) is 0 Å². The Balaban J connectivity index is 1.81. The van der Waals surface area contributed by atoms with Crippen molar-refractivity contribution >= 4 is 5.91 Å². The molecule has 2 aromatic carbocycles. The van der Waals surface area contributed by atoms with Crippen molar-refractivity contribution < 1.29 is 9.53 Å². The van der Waals surface area contributed by atoms with Crippen LogP contribution in [0.3, 0.4) is 0 Å². The molecule has 2 aromatic rings. The minimum Gasteiger partial charge on any atom is -0.496 e. The zero-order valence-electron chi connectivity index (χ0n) is 14.2. The number of benzene rings is 2. The fourth-order valence-corrected chi connectivity index (χ4v) is 2.84. The van der Waals surface area contributed by atoms with Gasteiger partial charge >= 0.3 is 0 Å². The first-order valence-electron chi connectivity index (χ1n) is 8.43. The maximum absolute atomic E-state index is 12.7. The summed E-state index contributed by atoms with van der Waals surface area (Å²) in [5, 5.41) is 6.57. The van der Waals surface area contributed by atoms with E-state index in [1.807, 2.05) is 54.6 Å². The van der Waals surface area contributed by atoms with E-state index in [1.165, 1.54) is 0 Å². The summed E-state index contributed by atoms with van der Waals surface area (Å²) in [6.45, 7) is 2.05. The van der Waals surface area contributed by atoms with Crippen molar-refractivity contribution in [3.8, 4) is 5.75 Å². The predicted octanol–water partition coefficient (Wildman–Crippen LogP) is 3.37. The Hall–Kier alpha value is -2.33. The van der Waals surface area contributed by atoms with Crippen LogP contribution in [0.25, 0.3) is 0 Å². The van der Waals surface area contributed by atoms with Crippen LogP contribution in [-0.2, 0) is 4.79 Å². The molecule has 1 aliphatic carbocycles. The number of carbonyl (C=O) groups is 1. The fraction of sp³-hybridized carbons (Fsp3) is 0.350. The van der Waals surface area contributed by atoms with Crippen LogP contribution in [0.2, 0.25) is 0 Å². The highest BCUT2D eigenvalue weighted by molar-refractivity contribution is 5.83. The van der Waals surface area contributed by atoms with Crippen molar-refractivity contribution in [1.82, 2.24) is 10.6 Å². The Morgan fingerprint density at radius 2 is 1.75 bits per heavy atom. The Labute approximate surface area is 143 Å². The van der Waals surface area contributed by atoms with Gasteiger partial charge in [-0.05, 0) is 31.4 Å². The van der Waals surface area contributed by atoms with E-state index in [0.29, 0.717) is 6.04 Å². The highest BCUT2D eigenvalue weighted by Crippen LogP contribution is 2.28. The zero-order valence-corrected chi connectivity index (χ0v) is 14.2. The number of rotatable bonds is 7. The SMILES string of the molecule is COc1ccccc1[C@@H](C)N[C@H](C(=O)NC1CC1)c1ccccc1. The van der Waals surface area contributed by atoms with Gasteiger partial charge in [0.2, 0.25) is 5.91 Å². The standard InChI is InChI=1S/C20H24N2O2/c1-14(17-10-6-7-11-18(17)24-2)21-19(15-8-4-3-5-9-15)20(23)22-16-12-13-16/h3-11,14,16,19,21H,12-13H2,1-2H3,(H,22,23)/t14-,19+/m1/s1. The molecule has 1 amide bonds. The molecule has 0 spiro atoms. The Morgan fingerprint density at radius 1 is 1.08 bits per heavy atom. The van der Waals surface area contributed by atoms with Crippen molar-refractivity contribution in [3.05, 3.63) is 65.7 Å². The minimum absolute atomic E-state index is 0.0173. The monoisotopic (exact) mass is 324 g/mol. The van der Waals surface area contributed by atoms with Gasteiger partial charge in [-0.25, -0.2) is 0 Å². The van der Waals surface area contributed by atoms with Crippen LogP contribution >= 0.6 is 0 Å². The van der Waals surface area contributed by atoms with E-state index < -0.39 is 0 Å². The van der Waals surface area contributed by atoms with Crippen LogP contribution in [0.15, 0.2) is 54.6 Å². The van der Waals surface area contributed by atoms with Gasteiger partial charge in [-0.2, -0.15) is 0 Å². The molecule has 0 aliphatic heterocycles. The summed E-state index contributed by atoms with van der Waals surface area (Å²) < 4.78 is 5.45. The van der Waals surface area contributed by atoms with E-state index in [-0.39, 0.29) is 18.0 Å². The summed E-state index contributed by atoms with van der Waals surface area (Å²) in [6.07, 6.45) is 2.16. The van der Waals surface area contributed by atoms with E-state index in [2.05, 4.69) is 17.6 Å². The molecule has 0 heterocycles. The van der Waals surface area contributed by atoms with Crippen LogP contribution in [0.4, 0.5) is 0 Å². The molecule has 2 N–H and O–H groups in total. The topological polar surface area (TPSA) is 50.4 Å². The van der Waals surface area contributed by atoms with Crippen LogP contribution in [0, 0.1) is 0 Å². The van der Waals surface area contributed by atoms with Gasteiger partial charge in [0, 0.05) is 17.6 Å². The second-order valence-corrected chi connectivity index (χ2v) is 6.26. The molecule has 0 radical (unpaired) electrons. The van der Waals surface area contributed by atoms with Gasteiger partial charge in [0.25, 0.3) is 0 Å². The minimum atomic E-state index is -0.383. The van der Waals surface area contributed by atoms with Crippen LogP contribution < -0.4 is 15.4 Å². The van der Waals surface area contributed by atoms with Gasteiger partial charge in [0.1, 0.15) is 11.8 Å². The van der Waals surface area contributed by atoms with E-state index in [4.69, 9.17) is 4.74 Å². The molecule has 1 fully saturated rings. The molecule has 0 aromatic heterocycles. The molecule has 4 heteroatoms. The third-order valence-corrected chi connectivity index (χ3v) is 4.34. The molecule has 2 atom stereocenters. The van der Waals surface area contributed by atoms with E-state index in [9.17, 15) is 4.79 Å². The van der Waals surface area contributed by atoms with Crippen LogP contribution in [0.1, 0.15) is 43.0 Å². The number of carbonyl (C=O) groups excluding carboxylic acids is 1. The van der Waals surface area contributed by atoms with Crippen LogP contribution in [0.5, 0.6) is 5.75 Å². The molecule has 24 heavy (non-hydrogen) atoms. The summed E-state index contributed by atoms with van der Waals surface area (Å²) in [6, 6.07) is 17.7. The Kier molecular flexibility index (Phi) is 5.16. The normalized spacial score (nSPS) is 16.2. The largest absolute Gasteiger partial charge is 0.496 e. The summed E-state index contributed by atoms with van der Waals surface area (Å²) in [4.78, 5) is 12.7. The molecular formula is C20H24N2O2. The number of para-hydroxylation sites is 1. The Bertz CT molecular complexity index is 683. The number of nitrogens with one attached hydrogen (secondary N) is 2. The Morgan fingerprint density at radius 3 is 2.42 bits per heavy atom. The van der Waals surface area contributed by atoms with Gasteiger partial charge < -0.3 is 10.1 Å². The zero-order chi connectivity index (χ0) is 16.9. The predicted molar refractivity (Wildman–Crippen MR) is 94.9 cm³/mol. The third-order valence-electron chi connectivity index (χ3n) is 4.34. The fourth-order valence-electron chi connectivity index (χ4n) is 2.84. The molecular weight excluding hydrogens is 300 g/mol. The van der Waals surface area contributed by atoms with Crippen LogP contribution in [-0.4, -0.2) is 19.1 Å². The highest BCUT2D eigenvalue weighted by Gasteiger charge is 2.29. The number of methoxy groups -OCH3 is 1. The molecule has 0 bridgehead atoms. The maximum Gasteiger partial charge on any atom is 0.241 e. The molecule has 4 nitrogen and oxygen atoms in total. The van der Waals surface area contributed by atoms with E-state index >= 15 is 0 Å². The van der Waals surface area contributed by atoms with Crippen molar-refractivity contribution in [2.24, 2.45) is 0 Å². The first-order chi connectivity index (χ1) is 11.7. The van der Waals surface area contributed by atoms with Crippen molar-refractivity contribution in [3.63, 3.8) is 0 Å². The average molecular weight is 324 g/mol. The second-order valence-electron chi connectivity index (χ2n) is 6.26. The lowest BCUT2D eigenvalue weighted by Gasteiger charge is -2.24. The number of amides is 1. The summed E-state index contributed by atoms with van der Waals surface area (Å²) in [7, 11) is 1.67. The molecule has 126 valence electrons. The van der Waals surface area contributed by atoms with Crippen molar-refractivity contribution in [2.75, 3.05) is 7.11 Å². The highest BCUT2D eigenvalue weighted by atomic mass is 16.5. The first-order valence-corrected chi connectivity index (χ1v) is 8.43. The number of ether oxygens (including phenoxy) is 1. The molecule has 0 unspecified atom stereocenters. The lowest BCUT2D eigenvalue weighted by atomic mass is 10.0. The summed E-state index contributed by atoms with van der Waals surface area (Å²) in [5.41, 5.74) is 2.01. The molecule has 1 saturated carbocycles. The molecule has 3 rings (SSSR count). The number of hydrogen-bond acceptors (Lipinski definition) is 3. The smallest absolute Gasteiger partial charge is 0.241 e. The quantitative estimate of drug-likeness (QED) is 0.821. The lowest BCUT2D eigenvalue weighted by Crippen LogP contribution is -2.39. The maximum atomic E-state index is 12.7. The molecule has 1 aliphatic rings. The number of hydrogen-bond donors (Lipinski definition) is 2. The summed E-state index contributed by atoms with van der Waals surface area (Å²) in [5.74, 6) is 0.859. The van der Waals surface area contributed by atoms with Gasteiger partial charge in [-0.1, -0.05) is 48.5 Å². The second kappa shape index (κ2) is 7.49. The van der Waals surface area contributed by atoms with Crippen molar-refractivity contribution in [2.45, 2.75) is 37.9 Å². The van der Waals surface area contributed by atoms with Gasteiger partial charge in [0.05, 0.1) is 7.11 Å². The van der Waals surface area contributed by atoms with Crippen molar-refractivity contribution in [1.29, 1.82) is 0 Å². The van der Waals surface area contributed by atoms with Gasteiger partial charge in [-0.3, -0.25) is 10.1 Å². The first kappa shape index (κ1) is 16.5. The average Bonchev–Trinajstić information content (AvgIpc) is 3.44. The molecule has 0 saturated heterocycles. The van der Waals surface area contributed by atoms with Gasteiger partial charge in [-0.15, -0.1) is 0 Å². The van der Waals surface area contributed by atoms with E-state index in [0.717, 1.165) is 29.7 Å².